The zero-order chi connectivity index (χ0) is 9.97. The predicted molar refractivity (Wildman–Crippen MR) is 57.3 cm³/mol. The highest BCUT2D eigenvalue weighted by molar-refractivity contribution is 6.20. The molecule has 0 spiro atoms. The molecule has 80 valence electrons. The van der Waals surface area contributed by atoms with Gasteiger partial charge in [-0.2, -0.15) is 0 Å². The van der Waals surface area contributed by atoms with Crippen molar-refractivity contribution < 1.29 is 4.79 Å². The van der Waals surface area contributed by atoms with Gasteiger partial charge in [-0.15, -0.1) is 11.6 Å². The number of amides is 1. The quantitative estimate of drug-likeness (QED) is 0.720. The molecule has 0 radical (unpaired) electrons. The van der Waals surface area contributed by atoms with Gasteiger partial charge in [-0.3, -0.25) is 4.79 Å². The smallest absolute Gasteiger partial charge is 0.223 e. The molecular weight excluding hydrogens is 198 g/mol. The van der Waals surface area contributed by atoms with Gasteiger partial charge in [0, 0.05) is 17.8 Å². The van der Waals surface area contributed by atoms with Crippen molar-refractivity contribution >= 4 is 17.5 Å². The van der Waals surface area contributed by atoms with Gasteiger partial charge in [-0.05, 0) is 38.0 Å². The molecule has 14 heavy (non-hydrogen) atoms. The van der Waals surface area contributed by atoms with E-state index in [0.29, 0.717) is 17.2 Å². The number of nitrogens with one attached hydrogen (secondary N) is 1. The molecule has 2 saturated carbocycles. The first kappa shape index (κ1) is 10.3. The number of carbonyl (C=O) groups excluding carboxylic acids is 1. The Labute approximate surface area is 90.4 Å². The minimum Gasteiger partial charge on any atom is -0.356 e. The Bertz CT molecular complexity index is 215. The van der Waals surface area contributed by atoms with Gasteiger partial charge in [0.1, 0.15) is 0 Å². The first-order valence-corrected chi connectivity index (χ1v) is 6.11. The second kappa shape index (κ2) is 4.52. The lowest BCUT2D eigenvalue weighted by molar-refractivity contribution is -0.122. The molecule has 0 aromatic heterocycles. The SMILES string of the molecule is O=C(NCC1CCCC(Cl)C1)C1CC1. The first-order chi connectivity index (χ1) is 6.75. The summed E-state index contributed by atoms with van der Waals surface area (Å²) >= 11 is 6.09. The van der Waals surface area contributed by atoms with Crippen LogP contribution in [0.15, 0.2) is 0 Å². The second-order valence-corrected chi connectivity index (χ2v) is 5.27. The van der Waals surface area contributed by atoms with E-state index in [9.17, 15) is 4.79 Å². The van der Waals surface area contributed by atoms with Crippen molar-refractivity contribution in [3.63, 3.8) is 0 Å². The van der Waals surface area contributed by atoms with E-state index in [4.69, 9.17) is 11.6 Å². The number of alkyl halides is 1. The fourth-order valence-corrected chi connectivity index (χ4v) is 2.55. The van der Waals surface area contributed by atoms with E-state index in [2.05, 4.69) is 5.32 Å². The van der Waals surface area contributed by atoms with Gasteiger partial charge in [-0.25, -0.2) is 0 Å². The molecule has 2 atom stereocenters. The normalized spacial score (nSPS) is 32.6. The first-order valence-electron chi connectivity index (χ1n) is 5.67. The van der Waals surface area contributed by atoms with Crippen LogP contribution in [0.5, 0.6) is 0 Å². The molecule has 0 aromatic rings. The van der Waals surface area contributed by atoms with E-state index in [0.717, 1.165) is 32.2 Å². The Morgan fingerprint density at radius 3 is 2.71 bits per heavy atom. The second-order valence-electron chi connectivity index (χ2n) is 4.65. The average Bonchev–Trinajstić information content (AvgIpc) is 2.97. The molecule has 2 fully saturated rings. The minimum atomic E-state index is 0.265. The van der Waals surface area contributed by atoms with Crippen molar-refractivity contribution in [3.05, 3.63) is 0 Å². The Hall–Kier alpha value is -0.240. The minimum absolute atomic E-state index is 0.265. The summed E-state index contributed by atoms with van der Waals surface area (Å²) in [5, 5.41) is 3.38. The van der Waals surface area contributed by atoms with Crippen molar-refractivity contribution in [1.82, 2.24) is 5.32 Å². The summed E-state index contributed by atoms with van der Waals surface area (Å²) in [7, 11) is 0. The summed E-state index contributed by atoms with van der Waals surface area (Å²) in [5.41, 5.74) is 0. The highest BCUT2D eigenvalue weighted by Crippen LogP contribution is 2.30. The van der Waals surface area contributed by atoms with Gasteiger partial charge in [0.2, 0.25) is 5.91 Å². The lowest BCUT2D eigenvalue weighted by Crippen LogP contribution is -2.32. The van der Waals surface area contributed by atoms with Crippen LogP contribution in [0.4, 0.5) is 0 Å². The molecule has 0 aliphatic heterocycles. The fourth-order valence-electron chi connectivity index (χ4n) is 2.15. The molecule has 2 nitrogen and oxygen atoms in total. The zero-order valence-corrected chi connectivity index (χ0v) is 9.22. The Morgan fingerprint density at radius 1 is 1.29 bits per heavy atom. The molecule has 1 amide bonds. The molecule has 2 aliphatic rings. The van der Waals surface area contributed by atoms with Gasteiger partial charge >= 0.3 is 0 Å². The summed E-state index contributed by atoms with van der Waals surface area (Å²) in [6, 6.07) is 0. The Kier molecular flexibility index (Phi) is 3.32. The number of hydrogen-bond acceptors (Lipinski definition) is 1. The summed E-state index contributed by atoms with van der Waals surface area (Å²) < 4.78 is 0. The van der Waals surface area contributed by atoms with Crippen molar-refractivity contribution in [3.8, 4) is 0 Å². The lowest BCUT2D eigenvalue weighted by Gasteiger charge is -2.25. The summed E-state index contributed by atoms with van der Waals surface area (Å²) in [5.74, 6) is 1.22. The maximum atomic E-state index is 11.4. The van der Waals surface area contributed by atoms with Crippen molar-refractivity contribution in [2.24, 2.45) is 11.8 Å². The van der Waals surface area contributed by atoms with Crippen molar-refractivity contribution in [2.45, 2.75) is 43.9 Å². The standard InChI is InChI=1S/C11H18ClNO/c12-10-3-1-2-8(6-10)7-13-11(14)9-4-5-9/h8-10H,1-7H2,(H,13,14). The number of hydrogen-bond donors (Lipinski definition) is 1. The maximum absolute atomic E-state index is 11.4. The average molecular weight is 216 g/mol. The summed E-state index contributed by atoms with van der Waals surface area (Å²) in [6.45, 7) is 0.846. The van der Waals surface area contributed by atoms with Crippen LogP contribution in [0.25, 0.3) is 0 Å². The van der Waals surface area contributed by atoms with Crippen molar-refractivity contribution in [1.29, 1.82) is 0 Å². The van der Waals surface area contributed by atoms with Crippen LogP contribution in [-0.4, -0.2) is 17.8 Å². The van der Waals surface area contributed by atoms with E-state index < -0.39 is 0 Å². The fraction of sp³-hybridized carbons (Fsp3) is 0.909. The van der Waals surface area contributed by atoms with Crippen LogP contribution in [0.3, 0.4) is 0 Å². The topological polar surface area (TPSA) is 29.1 Å². The number of halogens is 1. The number of rotatable bonds is 3. The number of carbonyl (C=O) groups is 1. The molecule has 0 heterocycles. The van der Waals surface area contributed by atoms with Gasteiger partial charge in [0.05, 0.1) is 0 Å². The largest absolute Gasteiger partial charge is 0.356 e. The van der Waals surface area contributed by atoms with Crippen LogP contribution < -0.4 is 5.32 Å². The Morgan fingerprint density at radius 2 is 2.07 bits per heavy atom. The monoisotopic (exact) mass is 215 g/mol. The molecule has 0 aromatic carbocycles. The summed E-state index contributed by atoms with van der Waals surface area (Å²) in [4.78, 5) is 11.4. The van der Waals surface area contributed by atoms with Crippen molar-refractivity contribution in [2.75, 3.05) is 6.54 Å². The highest BCUT2D eigenvalue weighted by Gasteiger charge is 2.30. The van der Waals surface area contributed by atoms with E-state index in [1.807, 2.05) is 0 Å². The zero-order valence-electron chi connectivity index (χ0n) is 8.47. The van der Waals surface area contributed by atoms with Gasteiger partial charge < -0.3 is 5.32 Å². The molecule has 0 saturated heterocycles. The van der Waals surface area contributed by atoms with E-state index >= 15 is 0 Å². The maximum Gasteiger partial charge on any atom is 0.223 e. The van der Waals surface area contributed by atoms with E-state index in [1.165, 1.54) is 12.8 Å². The lowest BCUT2D eigenvalue weighted by atomic mass is 9.89. The molecule has 2 unspecified atom stereocenters. The third kappa shape index (κ3) is 2.88. The molecule has 1 N–H and O–H groups in total. The molecule has 3 heteroatoms. The molecule has 0 bridgehead atoms. The highest BCUT2D eigenvalue weighted by atomic mass is 35.5. The van der Waals surface area contributed by atoms with Crippen LogP contribution in [0.2, 0.25) is 0 Å². The predicted octanol–water partition coefficient (Wildman–Crippen LogP) is 2.31. The van der Waals surface area contributed by atoms with Gasteiger partial charge in [0.15, 0.2) is 0 Å². The van der Waals surface area contributed by atoms with Crippen LogP contribution in [-0.2, 0) is 4.79 Å². The third-order valence-corrected chi connectivity index (χ3v) is 3.63. The van der Waals surface area contributed by atoms with E-state index in [-0.39, 0.29) is 5.91 Å². The van der Waals surface area contributed by atoms with E-state index in [1.54, 1.807) is 0 Å². The molecule has 2 aliphatic carbocycles. The van der Waals surface area contributed by atoms with Gasteiger partial charge in [0.25, 0.3) is 0 Å². The third-order valence-electron chi connectivity index (χ3n) is 3.23. The van der Waals surface area contributed by atoms with Crippen LogP contribution >= 0.6 is 11.6 Å². The molecular formula is C11H18ClNO. The van der Waals surface area contributed by atoms with Crippen LogP contribution in [0.1, 0.15) is 38.5 Å². The van der Waals surface area contributed by atoms with Gasteiger partial charge in [-0.1, -0.05) is 6.42 Å². The Balaban J connectivity index is 1.66. The van der Waals surface area contributed by atoms with Crippen LogP contribution in [0, 0.1) is 11.8 Å². The summed E-state index contributed by atoms with van der Waals surface area (Å²) in [6.07, 6.45) is 6.86. The molecule has 2 rings (SSSR count).